The van der Waals surface area contributed by atoms with E-state index in [1.165, 1.54) is 59.7 Å². The summed E-state index contributed by atoms with van der Waals surface area (Å²) in [5.74, 6) is 0. The van der Waals surface area contributed by atoms with Crippen LogP contribution in [0.5, 0.6) is 0 Å². The molecule has 4 heteroatoms. The van der Waals surface area contributed by atoms with E-state index in [4.69, 9.17) is 0 Å². The number of benzene rings is 5. The van der Waals surface area contributed by atoms with Crippen LogP contribution in [0.25, 0.3) is 60.0 Å². The molecule has 0 saturated carbocycles. The van der Waals surface area contributed by atoms with Crippen LogP contribution < -0.4 is 5.32 Å². The topological polar surface area (TPSA) is 21.9 Å². The molecular weight excluding hydrogens is 543 g/mol. The Labute approximate surface area is 253 Å². The number of hydrogen-bond donors (Lipinski definition) is 1. The van der Waals surface area contributed by atoms with E-state index in [0.29, 0.717) is 0 Å². The number of rotatable bonds is 4. The molecule has 43 heavy (non-hydrogen) atoms. The van der Waals surface area contributed by atoms with Crippen molar-refractivity contribution in [1.82, 2.24) is 14.5 Å². The van der Waals surface area contributed by atoms with Crippen molar-refractivity contribution >= 4 is 66.3 Å². The first-order valence-corrected chi connectivity index (χ1v) is 15.5. The summed E-state index contributed by atoms with van der Waals surface area (Å²) in [4.78, 5) is 0. The zero-order valence-electron chi connectivity index (χ0n) is 23.3. The molecule has 1 N–H and O–H groups in total. The Morgan fingerprint density at radius 3 is 1.81 bits per heavy atom. The van der Waals surface area contributed by atoms with Crippen LogP contribution in [0.1, 0.15) is 17.2 Å². The van der Waals surface area contributed by atoms with Gasteiger partial charge in [0.05, 0.1) is 28.1 Å². The van der Waals surface area contributed by atoms with Gasteiger partial charge >= 0.3 is 0 Å². The van der Waals surface area contributed by atoms with E-state index >= 15 is 0 Å². The first-order chi connectivity index (χ1) is 21.3. The molecule has 3 nitrogen and oxygen atoms in total. The number of para-hydroxylation sites is 2. The number of nitrogens with zero attached hydrogens (tertiary/aromatic N) is 2. The lowest BCUT2D eigenvalue weighted by molar-refractivity contribution is 0.762. The van der Waals surface area contributed by atoms with E-state index in [2.05, 4.69) is 165 Å². The Kier molecular flexibility index (Phi) is 5.43. The fourth-order valence-corrected chi connectivity index (χ4v) is 7.52. The minimum absolute atomic E-state index is 0.0231. The molecule has 0 saturated heterocycles. The van der Waals surface area contributed by atoms with Crippen LogP contribution in [0, 0.1) is 0 Å². The fourth-order valence-electron chi connectivity index (χ4n) is 6.78. The summed E-state index contributed by atoms with van der Waals surface area (Å²) in [5.41, 5.74) is 9.59. The van der Waals surface area contributed by atoms with Gasteiger partial charge in [-0.05, 0) is 52.9 Å². The number of dihydropyridines is 1. The summed E-state index contributed by atoms with van der Waals surface area (Å²) < 4.78 is 4.96. The van der Waals surface area contributed by atoms with Crippen LogP contribution in [0.3, 0.4) is 0 Å². The van der Waals surface area contributed by atoms with E-state index in [0.717, 1.165) is 11.4 Å². The van der Waals surface area contributed by atoms with Crippen molar-refractivity contribution in [1.29, 1.82) is 0 Å². The number of nitrogens with one attached hydrogen (secondary N) is 1. The molecule has 204 valence electrons. The molecule has 1 unspecified atom stereocenters. The summed E-state index contributed by atoms with van der Waals surface area (Å²) in [6.07, 6.45) is 4.70. The molecule has 0 amide bonds. The van der Waals surface area contributed by atoms with Crippen LogP contribution in [-0.2, 0) is 0 Å². The van der Waals surface area contributed by atoms with Crippen molar-refractivity contribution in [3.8, 4) is 5.00 Å². The first kappa shape index (κ1) is 24.3. The summed E-state index contributed by atoms with van der Waals surface area (Å²) in [6, 6.07) is 48.0. The van der Waals surface area contributed by atoms with Crippen LogP contribution >= 0.6 is 11.3 Å². The van der Waals surface area contributed by atoms with Gasteiger partial charge in [0.2, 0.25) is 0 Å². The van der Waals surface area contributed by atoms with E-state index in [1.54, 1.807) is 11.3 Å². The second kappa shape index (κ2) is 9.62. The molecule has 3 aromatic heterocycles. The molecule has 4 heterocycles. The summed E-state index contributed by atoms with van der Waals surface area (Å²) >= 11 is 1.78. The van der Waals surface area contributed by atoms with Gasteiger partial charge in [0.15, 0.2) is 0 Å². The van der Waals surface area contributed by atoms with Gasteiger partial charge in [-0.25, -0.2) is 0 Å². The number of aromatic nitrogens is 2. The molecule has 1 aliphatic rings. The summed E-state index contributed by atoms with van der Waals surface area (Å²) in [5, 5.41) is 12.3. The Hall–Kier alpha value is -5.32. The largest absolute Gasteiger partial charge is 0.374 e. The van der Waals surface area contributed by atoms with Gasteiger partial charge in [-0.3, -0.25) is 4.57 Å². The van der Waals surface area contributed by atoms with Crippen molar-refractivity contribution < 1.29 is 0 Å². The molecule has 0 spiro atoms. The maximum absolute atomic E-state index is 3.83. The number of hydrogen-bond acceptors (Lipinski definition) is 2. The summed E-state index contributed by atoms with van der Waals surface area (Å²) in [6.45, 7) is 0. The fraction of sp³-hybridized carbons (Fsp3) is 0.0256. The minimum atomic E-state index is 0.0231. The van der Waals surface area contributed by atoms with Gasteiger partial charge in [0.25, 0.3) is 0 Å². The maximum Gasteiger partial charge on any atom is 0.100 e. The Morgan fingerprint density at radius 1 is 0.535 bits per heavy atom. The predicted octanol–water partition coefficient (Wildman–Crippen LogP) is 10.2. The van der Waals surface area contributed by atoms with Crippen molar-refractivity contribution in [2.45, 2.75) is 6.04 Å². The van der Waals surface area contributed by atoms with Gasteiger partial charge in [-0.1, -0.05) is 109 Å². The second-order valence-electron chi connectivity index (χ2n) is 11.1. The van der Waals surface area contributed by atoms with Gasteiger partial charge in [0.1, 0.15) is 5.00 Å². The van der Waals surface area contributed by atoms with Gasteiger partial charge in [-0.2, -0.15) is 0 Å². The molecule has 5 aromatic carbocycles. The third-order valence-electron chi connectivity index (χ3n) is 8.64. The van der Waals surface area contributed by atoms with Crippen molar-refractivity contribution in [2.75, 3.05) is 0 Å². The standard InChI is InChI=1S/C39H27N3S/c1-3-12-26(13-4-1)33-24-28(25-34(40-33)27-14-5-2-6-15-27)41-35-18-9-7-16-29(35)31-21-22-32-30-17-8-10-19-36(30)42(39(32)38(31)41)37-20-11-23-43-37/h1-25,33,40H. The van der Waals surface area contributed by atoms with Gasteiger partial charge < -0.3 is 9.88 Å². The highest BCUT2D eigenvalue weighted by molar-refractivity contribution is 7.12. The van der Waals surface area contributed by atoms with Crippen LogP contribution in [0.15, 0.2) is 151 Å². The maximum atomic E-state index is 3.83. The highest BCUT2D eigenvalue weighted by Crippen LogP contribution is 2.43. The average molecular weight is 570 g/mol. The Bertz CT molecular complexity index is 2350. The highest BCUT2D eigenvalue weighted by Gasteiger charge is 2.24. The monoisotopic (exact) mass is 569 g/mol. The van der Waals surface area contributed by atoms with E-state index in [-0.39, 0.29) is 6.04 Å². The molecule has 9 rings (SSSR count). The van der Waals surface area contributed by atoms with E-state index in [9.17, 15) is 0 Å². The van der Waals surface area contributed by atoms with Crippen LogP contribution in [0.2, 0.25) is 0 Å². The lowest BCUT2D eigenvalue weighted by Gasteiger charge is -2.26. The third kappa shape index (κ3) is 3.73. The predicted molar refractivity (Wildman–Crippen MR) is 183 cm³/mol. The second-order valence-corrected chi connectivity index (χ2v) is 12.0. The third-order valence-corrected chi connectivity index (χ3v) is 9.49. The molecule has 0 bridgehead atoms. The Morgan fingerprint density at radius 2 is 1.14 bits per heavy atom. The molecule has 0 aliphatic carbocycles. The van der Waals surface area contributed by atoms with Crippen LogP contribution in [-0.4, -0.2) is 9.13 Å². The SMILES string of the molecule is C1=C(c2ccccc2)NC(c2ccccc2)C=C1n1c2ccccc2c2ccc3c4ccccc4n(-c4cccs4)c3c21. The lowest BCUT2D eigenvalue weighted by atomic mass is 9.99. The number of fused-ring (bicyclic) bond motifs is 7. The summed E-state index contributed by atoms with van der Waals surface area (Å²) in [7, 11) is 0. The smallest absolute Gasteiger partial charge is 0.100 e. The first-order valence-electron chi connectivity index (χ1n) is 14.7. The zero-order valence-corrected chi connectivity index (χ0v) is 24.1. The highest BCUT2D eigenvalue weighted by atomic mass is 32.1. The normalized spacial score (nSPS) is 15.2. The molecule has 1 atom stereocenters. The Balaban J connectivity index is 1.44. The van der Waals surface area contributed by atoms with E-state index < -0.39 is 0 Å². The number of allylic oxidation sites excluding steroid dienone is 2. The van der Waals surface area contributed by atoms with Gasteiger partial charge in [0, 0.05) is 32.9 Å². The van der Waals surface area contributed by atoms with Crippen molar-refractivity contribution in [3.05, 3.63) is 162 Å². The number of thiophene rings is 1. The molecular formula is C39H27N3S. The molecule has 0 radical (unpaired) electrons. The molecule has 1 aliphatic heterocycles. The van der Waals surface area contributed by atoms with Gasteiger partial charge in [-0.15, -0.1) is 11.3 Å². The zero-order chi connectivity index (χ0) is 28.3. The van der Waals surface area contributed by atoms with Crippen molar-refractivity contribution in [2.24, 2.45) is 0 Å². The van der Waals surface area contributed by atoms with Crippen LogP contribution in [0.4, 0.5) is 0 Å². The van der Waals surface area contributed by atoms with E-state index in [1.807, 2.05) is 0 Å². The average Bonchev–Trinajstić information content (AvgIpc) is 3.80. The molecule has 8 aromatic rings. The molecule has 0 fully saturated rings. The minimum Gasteiger partial charge on any atom is -0.374 e. The lowest BCUT2D eigenvalue weighted by Crippen LogP contribution is -2.22. The quantitative estimate of drug-likeness (QED) is 0.224. The van der Waals surface area contributed by atoms with Crippen molar-refractivity contribution in [3.63, 3.8) is 0 Å².